The molecule has 1 heterocycles. The van der Waals surface area contributed by atoms with E-state index in [2.05, 4.69) is 36.8 Å². The molecule has 2 heteroatoms. The molecule has 1 N–H and O–H groups in total. The molecule has 0 spiro atoms. The first-order chi connectivity index (χ1) is 7.23. The lowest BCUT2D eigenvalue weighted by Gasteiger charge is -2.30. The maximum Gasteiger partial charge on any atom is 0.0456 e. The molecule has 82 valence electrons. The van der Waals surface area contributed by atoms with Gasteiger partial charge < -0.3 is 5.32 Å². The summed E-state index contributed by atoms with van der Waals surface area (Å²) in [6, 6.07) is 4.09. The van der Waals surface area contributed by atoms with Crippen molar-refractivity contribution >= 4 is 0 Å². The van der Waals surface area contributed by atoms with Gasteiger partial charge in [-0.05, 0) is 37.9 Å². The Labute approximate surface area is 92.4 Å². The molecular formula is C13H20N2. The fourth-order valence-electron chi connectivity index (χ4n) is 1.67. The normalized spacial score (nSPS) is 14.5. The lowest BCUT2D eigenvalue weighted by molar-refractivity contribution is 0.370. The standard InChI is InChI=1S/C13H20N2/c1-4-8-13(3,15-9-5-2)12-7-6-10-14-11-12/h4,6-7,10-11,15H,1,5,8-9H2,2-3H3. The molecule has 0 bridgehead atoms. The zero-order valence-corrected chi connectivity index (χ0v) is 9.66. The van der Waals surface area contributed by atoms with Gasteiger partial charge in [0.2, 0.25) is 0 Å². The van der Waals surface area contributed by atoms with E-state index in [1.54, 1.807) is 6.20 Å². The minimum Gasteiger partial charge on any atom is -0.307 e. The van der Waals surface area contributed by atoms with Crippen LogP contribution < -0.4 is 5.32 Å². The second-order valence-electron chi connectivity index (χ2n) is 3.99. The molecule has 1 unspecified atom stereocenters. The van der Waals surface area contributed by atoms with Crippen molar-refractivity contribution in [2.24, 2.45) is 0 Å². The Hall–Kier alpha value is -1.15. The summed E-state index contributed by atoms with van der Waals surface area (Å²) in [6.45, 7) is 9.20. The van der Waals surface area contributed by atoms with E-state index in [9.17, 15) is 0 Å². The summed E-state index contributed by atoms with van der Waals surface area (Å²) in [4.78, 5) is 4.17. The molecule has 1 atom stereocenters. The van der Waals surface area contributed by atoms with Crippen molar-refractivity contribution in [2.45, 2.75) is 32.2 Å². The summed E-state index contributed by atoms with van der Waals surface area (Å²) < 4.78 is 0. The highest BCUT2D eigenvalue weighted by Crippen LogP contribution is 2.23. The smallest absolute Gasteiger partial charge is 0.0456 e. The average molecular weight is 204 g/mol. The van der Waals surface area contributed by atoms with Gasteiger partial charge in [-0.25, -0.2) is 0 Å². The third kappa shape index (κ3) is 3.17. The van der Waals surface area contributed by atoms with E-state index in [-0.39, 0.29) is 5.54 Å². The van der Waals surface area contributed by atoms with E-state index in [0.29, 0.717) is 0 Å². The van der Waals surface area contributed by atoms with Gasteiger partial charge in [-0.15, -0.1) is 6.58 Å². The Morgan fingerprint density at radius 1 is 1.60 bits per heavy atom. The zero-order chi connectivity index (χ0) is 11.1. The van der Waals surface area contributed by atoms with Gasteiger partial charge in [-0.2, -0.15) is 0 Å². The van der Waals surface area contributed by atoms with E-state index in [4.69, 9.17) is 0 Å². The second kappa shape index (κ2) is 5.66. The van der Waals surface area contributed by atoms with Crippen molar-refractivity contribution < 1.29 is 0 Å². The number of pyridine rings is 1. The van der Waals surface area contributed by atoms with Crippen LogP contribution in [0.4, 0.5) is 0 Å². The van der Waals surface area contributed by atoms with Crippen LogP contribution in [0.2, 0.25) is 0 Å². The van der Waals surface area contributed by atoms with Crippen LogP contribution in [0.25, 0.3) is 0 Å². The molecular weight excluding hydrogens is 184 g/mol. The maximum absolute atomic E-state index is 4.17. The Morgan fingerprint density at radius 2 is 2.40 bits per heavy atom. The van der Waals surface area contributed by atoms with Crippen LogP contribution in [-0.4, -0.2) is 11.5 Å². The third-order valence-electron chi connectivity index (χ3n) is 2.62. The molecule has 1 aromatic rings. The first-order valence-corrected chi connectivity index (χ1v) is 5.49. The molecule has 0 saturated heterocycles. The Kier molecular flexibility index (Phi) is 4.50. The molecule has 0 aliphatic heterocycles. The van der Waals surface area contributed by atoms with Gasteiger partial charge in [0.25, 0.3) is 0 Å². The Morgan fingerprint density at radius 3 is 2.93 bits per heavy atom. The van der Waals surface area contributed by atoms with Crippen molar-refractivity contribution in [2.75, 3.05) is 6.54 Å². The number of rotatable bonds is 6. The molecule has 0 fully saturated rings. The topological polar surface area (TPSA) is 24.9 Å². The third-order valence-corrected chi connectivity index (χ3v) is 2.62. The van der Waals surface area contributed by atoms with Gasteiger partial charge in [-0.1, -0.05) is 19.1 Å². The van der Waals surface area contributed by atoms with Crippen LogP contribution in [-0.2, 0) is 5.54 Å². The fourth-order valence-corrected chi connectivity index (χ4v) is 1.67. The molecule has 0 aliphatic carbocycles. The molecule has 15 heavy (non-hydrogen) atoms. The van der Waals surface area contributed by atoms with E-state index in [0.717, 1.165) is 19.4 Å². The highest BCUT2D eigenvalue weighted by molar-refractivity contribution is 5.20. The monoisotopic (exact) mass is 204 g/mol. The van der Waals surface area contributed by atoms with Gasteiger partial charge in [-0.3, -0.25) is 4.98 Å². The quantitative estimate of drug-likeness (QED) is 0.721. The van der Waals surface area contributed by atoms with E-state index >= 15 is 0 Å². The molecule has 2 nitrogen and oxygen atoms in total. The number of aromatic nitrogens is 1. The summed E-state index contributed by atoms with van der Waals surface area (Å²) >= 11 is 0. The van der Waals surface area contributed by atoms with Crippen LogP contribution in [0.1, 0.15) is 32.3 Å². The predicted octanol–water partition coefficient (Wildman–Crippen LogP) is 2.87. The van der Waals surface area contributed by atoms with Crippen LogP contribution >= 0.6 is 0 Å². The number of nitrogens with one attached hydrogen (secondary N) is 1. The highest BCUT2D eigenvalue weighted by atomic mass is 15.0. The highest BCUT2D eigenvalue weighted by Gasteiger charge is 2.23. The molecule has 0 radical (unpaired) electrons. The molecule has 0 amide bonds. The fraction of sp³-hybridized carbons (Fsp3) is 0.462. The molecule has 1 rings (SSSR count). The Bertz CT molecular complexity index is 295. The first-order valence-electron chi connectivity index (χ1n) is 5.49. The molecule has 0 aliphatic rings. The van der Waals surface area contributed by atoms with Gasteiger partial charge in [0, 0.05) is 17.9 Å². The van der Waals surface area contributed by atoms with Crippen molar-refractivity contribution in [1.82, 2.24) is 10.3 Å². The van der Waals surface area contributed by atoms with Crippen molar-refractivity contribution in [3.63, 3.8) is 0 Å². The number of hydrogen-bond donors (Lipinski definition) is 1. The SMILES string of the molecule is C=CCC(C)(NCCC)c1cccnc1. The first kappa shape index (κ1) is 11.9. The summed E-state index contributed by atoms with van der Waals surface area (Å²) in [7, 11) is 0. The van der Waals surface area contributed by atoms with Gasteiger partial charge >= 0.3 is 0 Å². The van der Waals surface area contributed by atoms with Crippen LogP contribution in [0.3, 0.4) is 0 Å². The molecule has 0 aromatic carbocycles. The van der Waals surface area contributed by atoms with E-state index in [1.807, 2.05) is 18.3 Å². The van der Waals surface area contributed by atoms with Crippen molar-refractivity contribution in [3.8, 4) is 0 Å². The lowest BCUT2D eigenvalue weighted by Crippen LogP contribution is -2.39. The summed E-state index contributed by atoms with van der Waals surface area (Å²) in [5.41, 5.74) is 1.19. The minimum atomic E-state index is -0.0357. The molecule has 0 saturated carbocycles. The van der Waals surface area contributed by atoms with E-state index in [1.165, 1.54) is 5.56 Å². The lowest BCUT2D eigenvalue weighted by atomic mass is 9.89. The van der Waals surface area contributed by atoms with Crippen LogP contribution in [0.15, 0.2) is 37.2 Å². The van der Waals surface area contributed by atoms with Gasteiger partial charge in [0.05, 0.1) is 0 Å². The minimum absolute atomic E-state index is 0.0357. The predicted molar refractivity (Wildman–Crippen MR) is 64.7 cm³/mol. The second-order valence-corrected chi connectivity index (χ2v) is 3.99. The van der Waals surface area contributed by atoms with Crippen LogP contribution in [0, 0.1) is 0 Å². The summed E-state index contributed by atoms with van der Waals surface area (Å²) in [5.74, 6) is 0. The van der Waals surface area contributed by atoms with E-state index < -0.39 is 0 Å². The van der Waals surface area contributed by atoms with Crippen molar-refractivity contribution in [3.05, 3.63) is 42.7 Å². The zero-order valence-electron chi connectivity index (χ0n) is 9.66. The Balaban J connectivity index is 2.85. The van der Waals surface area contributed by atoms with Gasteiger partial charge in [0.15, 0.2) is 0 Å². The van der Waals surface area contributed by atoms with Crippen LogP contribution in [0.5, 0.6) is 0 Å². The summed E-state index contributed by atoms with van der Waals surface area (Å²) in [5, 5.41) is 3.55. The number of hydrogen-bond acceptors (Lipinski definition) is 2. The summed E-state index contributed by atoms with van der Waals surface area (Å²) in [6.07, 6.45) is 7.73. The number of nitrogens with zero attached hydrogens (tertiary/aromatic N) is 1. The molecule has 1 aromatic heterocycles. The average Bonchev–Trinajstić information content (AvgIpc) is 2.28. The van der Waals surface area contributed by atoms with Gasteiger partial charge in [0.1, 0.15) is 0 Å². The maximum atomic E-state index is 4.17. The van der Waals surface area contributed by atoms with Crippen molar-refractivity contribution in [1.29, 1.82) is 0 Å². The largest absolute Gasteiger partial charge is 0.307 e.